The van der Waals surface area contributed by atoms with Crippen molar-refractivity contribution in [3.8, 4) is 5.75 Å². The van der Waals surface area contributed by atoms with E-state index in [-0.39, 0.29) is 0 Å². The van der Waals surface area contributed by atoms with Crippen LogP contribution in [0.5, 0.6) is 5.75 Å². The summed E-state index contributed by atoms with van der Waals surface area (Å²) in [5.74, 6) is 0.810. The number of hydrogen-bond donors (Lipinski definition) is 1. The normalized spacial score (nSPS) is 18.0. The van der Waals surface area contributed by atoms with E-state index in [1.807, 2.05) is 24.3 Å². The molecule has 0 atom stereocenters. The van der Waals surface area contributed by atoms with E-state index in [0.717, 1.165) is 24.6 Å². The van der Waals surface area contributed by atoms with Crippen molar-refractivity contribution in [3.05, 3.63) is 24.3 Å². The molecule has 0 bridgehead atoms. The molecule has 1 saturated heterocycles. The second-order valence-corrected chi connectivity index (χ2v) is 5.00. The zero-order valence-corrected chi connectivity index (χ0v) is 11.1. The van der Waals surface area contributed by atoms with Crippen molar-refractivity contribution in [2.75, 3.05) is 32.0 Å². The van der Waals surface area contributed by atoms with Gasteiger partial charge in [0.05, 0.1) is 5.69 Å². The Morgan fingerprint density at radius 1 is 1.00 bits per heavy atom. The number of benzene rings is 1. The minimum Gasteiger partial charge on any atom is -0.490 e. The van der Waals surface area contributed by atoms with Gasteiger partial charge in [-0.25, -0.2) is 0 Å². The maximum atomic E-state index is 5.85. The SMILES string of the molecule is Nc1ccccc1OCCN1CCCCCCC1. The molecule has 0 radical (unpaired) electrons. The van der Waals surface area contributed by atoms with Crippen LogP contribution in [0.25, 0.3) is 0 Å². The van der Waals surface area contributed by atoms with Gasteiger partial charge in [0, 0.05) is 6.54 Å². The summed E-state index contributed by atoms with van der Waals surface area (Å²) in [4.78, 5) is 2.51. The van der Waals surface area contributed by atoms with Crippen LogP contribution in [0, 0.1) is 0 Å². The highest BCUT2D eigenvalue weighted by Crippen LogP contribution is 2.19. The van der Waals surface area contributed by atoms with Crippen molar-refractivity contribution in [1.29, 1.82) is 0 Å². The fourth-order valence-electron chi connectivity index (χ4n) is 2.43. The van der Waals surface area contributed by atoms with Crippen LogP contribution in [-0.2, 0) is 0 Å². The maximum Gasteiger partial charge on any atom is 0.142 e. The number of nitrogen functional groups attached to an aromatic ring is 1. The number of hydrogen-bond acceptors (Lipinski definition) is 3. The van der Waals surface area contributed by atoms with E-state index in [9.17, 15) is 0 Å². The van der Waals surface area contributed by atoms with Gasteiger partial charge in [0.1, 0.15) is 12.4 Å². The van der Waals surface area contributed by atoms with E-state index in [1.165, 1.54) is 45.2 Å². The molecule has 3 heteroatoms. The Morgan fingerprint density at radius 3 is 2.39 bits per heavy atom. The Morgan fingerprint density at radius 2 is 1.67 bits per heavy atom. The summed E-state index contributed by atoms with van der Waals surface area (Å²) >= 11 is 0. The van der Waals surface area contributed by atoms with Crippen LogP contribution < -0.4 is 10.5 Å². The number of nitrogens with two attached hydrogens (primary N) is 1. The van der Waals surface area contributed by atoms with Gasteiger partial charge in [-0.15, -0.1) is 0 Å². The zero-order chi connectivity index (χ0) is 12.6. The van der Waals surface area contributed by atoms with Gasteiger partial charge in [-0.05, 0) is 38.1 Å². The van der Waals surface area contributed by atoms with Crippen molar-refractivity contribution in [2.45, 2.75) is 32.1 Å². The first-order valence-corrected chi connectivity index (χ1v) is 7.06. The molecule has 0 unspecified atom stereocenters. The number of rotatable bonds is 4. The third-order valence-electron chi connectivity index (χ3n) is 3.53. The zero-order valence-electron chi connectivity index (χ0n) is 11.1. The first-order chi connectivity index (χ1) is 8.86. The minimum absolute atomic E-state index is 0.727. The van der Waals surface area contributed by atoms with E-state index in [1.54, 1.807) is 0 Å². The summed E-state index contributed by atoms with van der Waals surface area (Å²) in [5.41, 5.74) is 6.57. The van der Waals surface area contributed by atoms with Gasteiger partial charge < -0.3 is 10.5 Å². The molecule has 1 aliphatic rings. The summed E-state index contributed by atoms with van der Waals surface area (Å²) < 4.78 is 5.74. The molecule has 2 rings (SSSR count). The molecule has 2 N–H and O–H groups in total. The van der Waals surface area contributed by atoms with Gasteiger partial charge >= 0.3 is 0 Å². The molecule has 3 nitrogen and oxygen atoms in total. The van der Waals surface area contributed by atoms with E-state index in [2.05, 4.69) is 4.90 Å². The van der Waals surface area contributed by atoms with Crippen molar-refractivity contribution in [3.63, 3.8) is 0 Å². The molecule has 0 amide bonds. The number of anilines is 1. The topological polar surface area (TPSA) is 38.5 Å². The van der Waals surface area contributed by atoms with Crippen LogP contribution in [0.3, 0.4) is 0 Å². The Kier molecular flexibility index (Phi) is 5.34. The number of nitrogens with zero attached hydrogens (tertiary/aromatic N) is 1. The van der Waals surface area contributed by atoms with E-state index in [4.69, 9.17) is 10.5 Å². The molecular formula is C15H24N2O. The standard InChI is InChI=1S/C15H24N2O/c16-14-8-4-5-9-15(14)18-13-12-17-10-6-2-1-3-7-11-17/h4-5,8-9H,1-3,6-7,10-13,16H2. The summed E-state index contributed by atoms with van der Waals surface area (Å²) in [6.45, 7) is 4.17. The summed E-state index contributed by atoms with van der Waals surface area (Å²) in [7, 11) is 0. The predicted molar refractivity (Wildman–Crippen MR) is 75.9 cm³/mol. The summed E-state index contributed by atoms with van der Waals surface area (Å²) in [6, 6.07) is 7.70. The van der Waals surface area contributed by atoms with E-state index in [0.29, 0.717) is 0 Å². The average molecular weight is 248 g/mol. The minimum atomic E-state index is 0.727. The highest BCUT2D eigenvalue weighted by molar-refractivity contribution is 5.51. The fraction of sp³-hybridized carbons (Fsp3) is 0.600. The lowest BCUT2D eigenvalue weighted by atomic mass is 10.1. The Labute approximate surface area is 110 Å². The van der Waals surface area contributed by atoms with Crippen LogP contribution in [0.1, 0.15) is 32.1 Å². The molecule has 0 spiro atoms. The third-order valence-corrected chi connectivity index (χ3v) is 3.53. The molecule has 1 aromatic carbocycles. The predicted octanol–water partition coefficient (Wildman–Crippen LogP) is 2.91. The second kappa shape index (κ2) is 7.27. The van der Waals surface area contributed by atoms with Crippen LogP contribution >= 0.6 is 0 Å². The lowest BCUT2D eigenvalue weighted by molar-refractivity contribution is 0.196. The van der Waals surface area contributed by atoms with Crippen molar-refractivity contribution in [1.82, 2.24) is 4.90 Å². The molecular weight excluding hydrogens is 224 g/mol. The molecule has 1 fully saturated rings. The average Bonchev–Trinajstić information content (AvgIpc) is 2.34. The Bertz CT molecular complexity index is 346. The highest BCUT2D eigenvalue weighted by atomic mass is 16.5. The molecule has 0 saturated carbocycles. The van der Waals surface area contributed by atoms with Crippen molar-refractivity contribution in [2.24, 2.45) is 0 Å². The molecule has 1 aliphatic heterocycles. The highest BCUT2D eigenvalue weighted by Gasteiger charge is 2.08. The lowest BCUT2D eigenvalue weighted by Crippen LogP contribution is -2.31. The van der Waals surface area contributed by atoms with Gasteiger partial charge in [-0.1, -0.05) is 31.4 Å². The smallest absolute Gasteiger partial charge is 0.142 e. The molecule has 1 heterocycles. The monoisotopic (exact) mass is 248 g/mol. The van der Waals surface area contributed by atoms with Crippen LogP contribution in [0.2, 0.25) is 0 Å². The van der Waals surface area contributed by atoms with Crippen LogP contribution in [0.4, 0.5) is 5.69 Å². The summed E-state index contributed by atoms with van der Waals surface area (Å²) in [6.07, 6.45) is 6.82. The van der Waals surface area contributed by atoms with E-state index >= 15 is 0 Å². The molecule has 18 heavy (non-hydrogen) atoms. The number of para-hydroxylation sites is 2. The first-order valence-electron chi connectivity index (χ1n) is 7.06. The Balaban J connectivity index is 1.72. The van der Waals surface area contributed by atoms with Crippen molar-refractivity contribution >= 4 is 5.69 Å². The fourth-order valence-corrected chi connectivity index (χ4v) is 2.43. The number of likely N-dealkylation sites (tertiary alicyclic amines) is 1. The largest absolute Gasteiger partial charge is 0.490 e. The van der Waals surface area contributed by atoms with Crippen LogP contribution in [0.15, 0.2) is 24.3 Å². The summed E-state index contributed by atoms with van der Waals surface area (Å²) in [5, 5.41) is 0. The first kappa shape index (κ1) is 13.2. The van der Waals surface area contributed by atoms with Gasteiger partial charge in [0.2, 0.25) is 0 Å². The van der Waals surface area contributed by atoms with Crippen LogP contribution in [-0.4, -0.2) is 31.1 Å². The van der Waals surface area contributed by atoms with Gasteiger partial charge in [-0.2, -0.15) is 0 Å². The number of ether oxygens (including phenoxy) is 1. The third kappa shape index (κ3) is 4.22. The molecule has 100 valence electrons. The van der Waals surface area contributed by atoms with Gasteiger partial charge in [0.15, 0.2) is 0 Å². The van der Waals surface area contributed by atoms with E-state index < -0.39 is 0 Å². The quantitative estimate of drug-likeness (QED) is 0.833. The second-order valence-electron chi connectivity index (χ2n) is 5.00. The molecule has 1 aromatic rings. The lowest BCUT2D eigenvalue weighted by Gasteiger charge is -2.24. The van der Waals surface area contributed by atoms with Gasteiger partial charge in [0.25, 0.3) is 0 Å². The maximum absolute atomic E-state index is 5.85. The Hall–Kier alpha value is -1.22. The van der Waals surface area contributed by atoms with Crippen molar-refractivity contribution < 1.29 is 4.74 Å². The molecule has 0 aromatic heterocycles. The van der Waals surface area contributed by atoms with Gasteiger partial charge in [-0.3, -0.25) is 4.90 Å². The molecule has 0 aliphatic carbocycles.